The van der Waals surface area contributed by atoms with E-state index in [9.17, 15) is 5.26 Å². The molecule has 0 spiro atoms. The van der Waals surface area contributed by atoms with Gasteiger partial charge in [-0.05, 0) is 55.5 Å². The van der Waals surface area contributed by atoms with Gasteiger partial charge < -0.3 is 10.1 Å². The molecule has 0 amide bonds. The number of nitriles is 1. The SMILES string of the molecule is COc1cc2[nH]nc(-c3ccc(C4(C#N)CCNC4)nc3)c2nc1-c1cccc2c1CCC2. The molecule has 164 valence electrons. The topological polar surface area (TPSA) is 99.5 Å². The number of aromatic amines is 1. The van der Waals surface area contributed by atoms with Crippen LogP contribution < -0.4 is 10.1 Å². The molecule has 6 rings (SSSR count). The highest BCUT2D eigenvalue weighted by Crippen LogP contribution is 2.39. The van der Waals surface area contributed by atoms with E-state index in [2.05, 4.69) is 44.8 Å². The van der Waals surface area contributed by atoms with Gasteiger partial charge in [0, 0.05) is 29.9 Å². The molecule has 2 aliphatic rings. The maximum Gasteiger partial charge on any atom is 0.147 e. The zero-order valence-corrected chi connectivity index (χ0v) is 18.5. The number of hydrogen-bond donors (Lipinski definition) is 2. The molecular weight excluding hydrogens is 412 g/mol. The summed E-state index contributed by atoms with van der Waals surface area (Å²) in [7, 11) is 1.68. The van der Waals surface area contributed by atoms with E-state index in [0.717, 1.165) is 70.8 Å². The monoisotopic (exact) mass is 436 g/mol. The zero-order chi connectivity index (χ0) is 22.4. The number of fused-ring (bicyclic) bond motifs is 2. The van der Waals surface area contributed by atoms with Gasteiger partial charge in [-0.15, -0.1) is 0 Å². The number of benzene rings is 1. The van der Waals surface area contributed by atoms with Gasteiger partial charge in [-0.3, -0.25) is 10.1 Å². The molecule has 7 heteroatoms. The average molecular weight is 437 g/mol. The van der Waals surface area contributed by atoms with E-state index in [1.165, 1.54) is 17.5 Å². The first kappa shape index (κ1) is 19.9. The highest BCUT2D eigenvalue weighted by Gasteiger charge is 2.37. The molecule has 1 aromatic carbocycles. The molecule has 1 aliphatic heterocycles. The molecule has 33 heavy (non-hydrogen) atoms. The first-order valence-corrected chi connectivity index (χ1v) is 11.4. The molecule has 4 heterocycles. The number of hydrogen-bond acceptors (Lipinski definition) is 6. The fraction of sp³-hybridized carbons (Fsp3) is 0.308. The van der Waals surface area contributed by atoms with Gasteiger partial charge >= 0.3 is 0 Å². The van der Waals surface area contributed by atoms with E-state index in [-0.39, 0.29) is 0 Å². The van der Waals surface area contributed by atoms with Crippen LogP contribution in [0.1, 0.15) is 29.7 Å². The second kappa shape index (κ2) is 7.68. The third kappa shape index (κ3) is 3.10. The summed E-state index contributed by atoms with van der Waals surface area (Å²) in [5.41, 5.74) is 8.20. The number of nitrogens with zero attached hydrogens (tertiary/aromatic N) is 4. The van der Waals surface area contributed by atoms with Crippen molar-refractivity contribution >= 4 is 11.0 Å². The van der Waals surface area contributed by atoms with Gasteiger partial charge in [0.15, 0.2) is 0 Å². The predicted octanol–water partition coefficient (Wildman–Crippen LogP) is 3.94. The fourth-order valence-corrected chi connectivity index (χ4v) is 5.20. The van der Waals surface area contributed by atoms with Gasteiger partial charge in [0.1, 0.15) is 28.1 Å². The van der Waals surface area contributed by atoms with Crippen molar-refractivity contribution in [2.75, 3.05) is 20.2 Å². The number of methoxy groups -OCH3 is 1. The lowest BCUT2D eigenvalue weighted by molar-refractivity contribution is 0.415. The van der Waals surface area contributed by atoms with Crippen molar-refractivity contribution < 1.29 is 4.74 Å². The Hall–Kier alpha value is -3.76. The average Bonchev–Trinajstić information content (AvgIpc) is 3.62. The van der Waals surface area contributed by atoms with Crippen LogP contribution in [0.25, 0.3) is 33.5 Å². The van der Waals surface area contributed by atoms with E-state index < -0.39 is 5.41 Å². The van der Waals surface area contributed by atoms with Crippen LogP contribution >= 0.6 is 0 Å². The van der Waals surface area contributed by atoms with Crippen molar-refractivity contribution in [3.8, 4) is 34.3 Å². The fourth-order valence-electron chi connectivity index (χ4n) is 5.20. The first-order valence-electron chi connectivity index (χ1n) is 11.4. The highest BCUT2D eigenvalue weighted by atomic mass is 16.5. The van der Waals surface area contributed by atoms with Crippen LogP contribution in [0.3, 0.4) is 0 Å². The number of H-pyrrole nitrogens is 1. The number of aryl methyl sites for hydroxylation is 1. The summed E-state index contributed by atoms with van der Waals surface area (Å²) in [6.45, 7) is 1.46. The van der Waals surface area contributed by atoms with Crippen molar-refractivity contribution in [1.82, 2.24) is 25.5 Å². The molecule has 4 aromatic rings. The molecule has 1 saturated heterocycles. The summed E-state index contributed by atoms with van der Waals surface area (Å²) in [5.74, 6) is 0.733. The van der Waals surface area contributed by atoms with Gasteiger partial charge in [-0.25, -0.2) is 4.98 Å². The third-order valence-electron chi connectivity index (χ3n) is 7.02. The molecule has 0 saturated carbocycles. The van der Waals surface area contributed by atoms with Crippen LogP contribution in [0.5, 0.6) is 5.75 Å². The quantitative estimate of drug-likeness (QED) is 0.503. The van der Waals surface area contributed by atoms with Crippen molar-refractivity contribution in [3.63, 3.8) is 0 Å². The Bertz CT molecular complexity index is 1390. The lowest BCUT2D eigenvalue weighted by Gasteiger charge is -2.18. The predicted molar refractivity (Wildman–Crippen MR) is 126 cm³/mol. The largest absolute Gasteiger partial charge is 0.494 e. The van der Waals surface area contributed by atoms with E-state index >= 15 is 0 Å². The molecule has 1 aliphatic carbocycles. The van der Waals surface area contributed by atoms with Crippen molar-refractivity contribution in [3.05, 3.63) is 59.4 Å². The Morgan fingerprint density at radius 3 is 2.85 bits per heavy atom. The second-order valence-corrected chi connectivity index (χ2v) is 8.86. The zero-order valence-electron chi connectivity index (χ0n) is 18.5. The van der Waals surface area contributed by atoms with Crippen LogP contribution in [0.2, 0.25) is 0 Å². The Balaban J connectivity index is 1.46. The number of pyridine rings is 2. The van der Waals surface area contributed by atoms with E-state index in [4.69, 9.17) is 9.72 Å². The van der Waals surface area contributed by atoms with Gasteiger partial charge in [0.2, 0.25) is 0 Å². The highest BCUT2D eigenvalue weighted by molar-refractivity contribution is 5.93. The summed E-state index contributed by atoms with van der Waals surface area (Å²) in [6.07, 6.45) is 5.92. The van der Waals surface area contributed by atoms with Crippen LogP contribution in [0, 0.1) is 11.3 Å². The lowest BCUT2D eigenvalue weighted by Crippen LogP contribution is -2.28. The molecule has 0 bridgehead atoms. The minimum Gasteiger partial charge on any atom is -0.494 e. The molecule has 1 fully saturated rings. The number of nitrogens with one attached hydrogen (secondary N) is 2. The Morgan fingerprint density at radius 1 is 1.15 bits per heavy atom. The van der Waals surface area contributed by atoms with Gasteiger partial charge in [-0.1, -0.05) is 18.2 Å². The Kier molecular flexibility index (Phi) is 4.63. The smallest absolute Gasteiger partial charge is 0.147 e. The molecule has 1 unspecified atom stereocenters. The van der Waals surface area contributed by atoms with Gasteiger partial charge in [-0.2, -0.15) is 10.4 Å². The first-order chi connectivity index (χ1) is 16.2. The Morgan fingerprint density at radius 2 is 2.09 bits per heavy atom. The standard InChI is InChI=1S/C26H24N6O/c1-33-21-12-20-25(30-24(21)19-7-3-5-16-4-2-6-18(16)19)23(32-31-20)17-8-9-22(29-13-17)26(14-27)10-11-28-15-26/h3,5,7-9,12-13,28H,2,4,6,10-11,15H2,1H3,(H,31,32). The van der Waals surface area contributed by atoms with E-state index in [1.54, 1.807) is 13.3 Å². The van der Waals surface area contributed by atoms with Gasteiger partial charge in [0.05, 0.1) is 24.4 Å². The van der Waals surface area contributed by atoms with Crippen LogP contribution in [0.15, 0.2) is 42.6 Å². The molecule has 3 aromatic heterocycles. The van der Waals surface area contributed by atoms with Crippen molar-refractivity contribution in [2.45, 2.75) is 31.1 Å². The summed E-state index contributed by atoms with van der Waals surface area (Å²) < 4.78 is 5.72. The van der Waals surface area contributed by atoms with Crippen LogP contribution in [-0.2, 0) is 18.3 Å². The minimum absolute atomic E-state index is 0.557. The minimum atomic E-state index is -0.557. The van der Waals surface area contributed by atoms with Crippen molar-refractivity contribution in [1.29, 1.82) is 5.26 Å². The third-order valence-corrected chi connectivity index (χ3v) is 7.02. The van der Waals surface area contributed by atoms with Crippen LogP contribution in [0.4, 0.5) is 0 Å². The summed E-state index contributed by atoms with van der Waals surface area (Å²) >= 11 is 0. The number of ether oxygens (including phenoxy) is 1. The number of aromatic nitrogens is 4. The lowest BCUT2D eigenvalue weighted by atomic mass is 9.84. The summed E-state index contributed by atoms with van der Waals surface area (Å²) in [6, 6.07) is 14.8. The molecule has 7 nitrogen and oxygen atoms in total. The summed E-state index contributed by atoms with van der Waals surface area (Å²) in [4.78, 5) is 9.71. The second-order valence-electron chi connectivity index (χ2n) is 8.86. The van der Waals surface area contributed by atoms with Crippen molar-refractivity contribution in [2.24, 2.45) is 0 Å². The number of rotatable bonds is 4. The maximum absolute atomic E-state index is 9.75. The van der Waals surface area contributed by atoms with Gasteiger partial charge in [0.25, 0.3) is 0 Å². The normalized spacial score (nSPS) is 19.5. The molecule has 0 radical (unpaired) electrons. The van der Waals surface area contributed by atoms with E-state index in [1.807, 2.05) is 18.2 Å². The molecular formula is C26H24N6O. The summed E-state index contributed by atoms with van der Waals surface area (Å²) in [5, 5.41) is 20.7. The van der Waals surface area contributed by atoms with Crippen LogP contribution in [-0.4, -0.2) is 40.4 Å². The Labute approximate surface area is 191 Å². The molecule has 2 N–H and O–H groups in total. The van der Waals surface area contributed by atoms with E-state index in [0.29, 0.717) is 6.54 Å². The molecule has 1 atom stereocenters. The maximum atomic E-state index is 9.75.